The van der Waals surface area contributed by atoms with E-state index < -0.39 is 0 Å². The molecule has 0 radical (unpaired) electrons. The highest BCUT2D eigenvalue weighted by Crippen LogP contribution is 2.29. The molecule has 0 bridgehead atoms. The minimum atomic E-state index is 0.816. The van der Waals surface area contributed by atoms with Gasteiger partial charge in [-0.3, -0.25) is 0 Å². The highest BCUT2D eigenvalue weighted by molar-refractivity contribution is 4.77. The van der Waals surface area contributed by atoms with Gasteiger partial charge in [0.1, 0.15) is 0 Å². The zero-order valence-electron chi connectivity index (χ0n) is 8.26. The van der Waals surface area contributed by atoms with Gasteiger partial charge in [-0.15, -0.1) is 0 Å². The van der Waals surface area contributed by atoms with E-state index in [2.05, 4.69) is 11.8 Å². The molecule has 0 aliphatic heterocycles. The zero-order valence-corrected chi connectivity index (χ0v) is 8.26. The van der Waals surface area contributed by atoms with E-state index in [1.54, 1.807) is 0 Å². The molecule has 0 aromatic carbocycles. The Hall–Kier alpha value is -0.0800. The minimum Gasteiger partial charge on any atom is -0.329 e. The molecule has 1 aliphatic rings. The molecule has 2 N–H and O–H groups in total. The topological polar surface area (TPSA) is 29.3 Å². The van der Waals surface area contributed by atoms with E-state index in [0.29, 0.717) is 0 Å². The summed E-state index contributed by atoms with van der Waals surface area (Å²) in [5.41, 5.74) is 5.56. The third-order valence-corrected chi connectivity index (χ3v) is 2.49. The Bertz CT molecular complexity index is 110. The van der Waals surface area contributed by atoms with Crippen LogP contribution in [0.2, 0.25) is 0 Å². The monoisotopic (exact) mass is 170 g/mol. The zero-order chi connectivity index (χ0) is 8.81. The predicted octanol–water partition coefficient (Wildman–Crippen LogP) is 1.46. The summed E-state index contributed by atoms with van der Waals surface area (Å²) < 4.78 is 0. The molecule has 0 unspecified atom stereocenters. The van der Waals surface area contributed by atoms with Crippen LogP contribution < -0.4 is 5.73 Å². The van der Waals surface area contributed by atoms with Crippen molar-refractivity contribution in [1.29, 1.82) is 0 Å². The molecule has 2 heteroatoms. The molecule has 1 fully saturated rings. The number of hydrogen-bond acceptors (Lipinski definition) is 2. The highest BCUT2D eigenvalue weighted by atomic mass is 15.1. The van der Waals surface area contributed by atoms with Gasteiger partial charge in [0.05, 0.1) is 0 Å². The van der Waals surface area contributed by atoms with Gasteiger partial charge >= 0.3 is 0 Å². The largest absolute Gasteiger partial charge is 0.329 e. The van der Waals surface area contributed by atoms with Crippen LogP contribution >= 0.6 is 0 Å². The number of hydrogen-bond donors (Lipinski definition) is 1. The van der Waals surface area contributed by atoms with Gasteiger partial charge in [-0.2, -0.15) is 0 Å². The first-order valence-electron chi connectivity index (χ1n) is 5.29. The number of unbranched alkanes of at least 4 members (excludes halogenated alkanes) is 1. The Labute approximate surface area is 76.1 Å². The van der Waals surface area contributed by atoms with Crippen molar-refractivity contribution in [3.63, 3.8) is 0 Å². The van der Waals surface area contributed by atoms with Crippen LogP contribution in [0.4, 0.5) is 0 Å². The van der Waals surface area contributed by atoms with Crippen LogP contribution in [0.3, 0.4) is 0 Å². The SMILES string of the molecule is CCCCN(CCN)CC1CC1. The van der Waals surface area contributed by atoms with Gasteiger partial charge in [0.25, 0.3) is 0 Å². The number of nitrogens with two attached hydrogens (primary N) is 1. The number of rotatable bonds is 7. The molecule has 0 spiro atoms. The molecule has 12 heavy (non-hydrogen) atoms. The Morgan fingerprint density at radius 3 is 2.58 bits per heavy atom. The molecular weight excluding hydrogens is 148 g/mol. The van der Waals surface area contributed by atoms with Crippen molar-refractivity contribution in [3.8, 4) is 0 Å². The summed E-state index contributed by atoms with van der Waals surface area (Å²) in [6.07, 6.45) is 5.53. The van der Waals surface area contributed by atoms with Gasteiger partial charge in [0, 0.05) is 19.6 Å². The fourth-order valence-electron chi connectivity index (χ4n) is 1.52. The summed E-state index contributed by atoms with van der Waals surface area (Å²) in [5.74, 6) is 1.01. The van der Waals surface area contributed by atoms with Crippen molar-refractivity contribution in [2.45, 2.75) is 32.6 Å². The van der Waals surface area contributed by atoms with Gasteiger partial charge in [0.15, 0.2) is 0 Å². The average Bonchev–Trinajstić information content (AvgIpc) is 2.84. The molecule has 2 nitrogen and oxygen atoms in total. The van der Waals surface area contributed by atoms with Gasteiger partial charge in [-0.05, 0) is 31.7 Å². The molecule has 0 saturated heterocycles. The van der Waals surface area contributed by atoms with Crippen molar-refractivity contribution < 1.29 is 0 Å². The van der Waals surface area contributed by atoms with E-state index in [4.69, 9.17) is 5.73 Å². The van der Waals surface area contributed by atoms with Crippen molar-refractivity contribution in [2.24, 2.45) is 11.7 Å². The Morgan fingerprint density at radius 2 is 2.08 bits per heavy atom. The number of nitrogens with zero attached hydrogens (tertiary/aromatic N) is 1. The standard InChI is InChI=1S/C10H22N2/c1-2-3-7-12(8-6-11)9-10-4-5-10/h10H,2-9,11H2,1H3. The molecule has 0 atom stereocenters. The molecule has 72 valence electrons. The van der Waals surface area contributed by atoms with Gasteiger partial charge < -0.3 is 10.6 Å². The van der Waals surface area contributed by atoms with Crippen molar-refractivity contribution in [1.82, 2.24) is 4.90 Å². The fourth-order valence-corrected chi connectivity index (χ4v) is 1.52. The molecule has 1 aliphatic carbocycles. The van der Waals surface area contributed by atoms with E-state index in [1.807, 2.05) is 0 Å². The summed E-state index contributed by atoms with van der Waals surface area (Å²) >= 11 is 0. The lowest BCUT2D eigenvalue weighted by Gasteiger charge is -2.20. The molecule has 1 saturated carbocycles. The maximum Gasteiger partial charge on any atom is 0.0105 e. The van der Waals surface area contributed by atoms with Crippen LogP contribution in [0.5, 0.6) is 0 Å². The average molecular weight is 170 g/mol. The van der Waals surface area contributed by atoms with E-state index in [1.165, 1.54) is 38.8 Å². The Kier molecular flexibility index (Phi) is 4.62. The maximum atomic E-state index is 5.56. The fraction of sp³-hybridized carbons (Fsp3) is 1.00. The molecule has 0 amide bonds. The second-order valence-electron chi connectivity index (χ2n) is 3.89. The first-order valence-corrected chi connectivity index (χ1v) is 5.29. The third kappa shape index (κ3) is 4.07. The van der Waals surface area contributed by atoms with Crippen LogP contribution in [0.1, 0.15) is 32.6 Å². The third-order valence-electron chi connectivity index (χ3n) is 2.49. The highest BCUT2D eigenvalue weighted by Gasteiger charge is 2.23. The van der Waals surface area contributed by atoms with Gasteiger partial charge in [-0.1, -0.05) is 13.3 Å². The van der Waals surface area contributed by atoms with E-state index >= 15 is 0 Å². The van der Waals surface area contributed by atoms with Crippen LogP contribution in [-0.4, -0.2) is 31.1 Å². The lowest BCUT2D eigenvalue weighted by atomic mass is 10.3. The van der Waals surface area contributed by atoms with Crippen LogP contribution in [0.15, 0.2) is 0 Å². The van der Waals surface area contributed by atoms with Crippen LogP contribution in [0.25, 0.3) is 0 Å². The maximum absolute atomic E-state index is 5.56. The first kappa shape index (κ1) is 10.0. The van der Waals surface area contributed by atoms with Gasteiger partial charge in [-0.25, -0.2) is 0 Å². The van der Waals surface area contributed by atoms with Gasteiger partial charge in [0.2, 0.25) is 0 Å². The second-order valence-corrected chi connectivity index (χ2v) is 3.89. The second kappa shape index (κ2) is 5.55. The normalized spacial score (nSPS) is 17.2. The summed E-state index contributed by atoms with van der Waals surface area (Å²) in [6.45, 7) is 6.71. The Morgan fingerprint density at radius 1 is 1.33 bits per heavy atom. The summed E-state index contributed by atoms with van der Waals surface area (Å²) in [5, 5.41) is 0. The summed E-state index contributed by atoms with van der Waals surface area (Å²) in [4.78, 5) is 2.53. The molecule has 0 aromatic heterocycles. The molecular formula is C10H22N2. The van der Waals surface area contributed by atoms with Crippen LogP contribution in [0, 0.1) is 5.92 Å². The molecule has 0 aromatic rings. The first-order chi connectivity index (χ1) is 5.86. The quantitative estimate of drug-likeness (QED) is 0.626. The predicted molar refractivity (Wildman–Crippen MR) is 53.1 cm³/mol. The summed E-state index contributed by atoms with van der Waals surface area (Å²) in [6, 6.07) is 0. The van der Waals surface area contributed by atoms with E-state index in [-0.39, 0.29) is 0 Å². The van der Waals surface area contributed by atoms with Crippen molar-refractivity contribution in [3.05, 3.63) is 0 Å². The lowest BCUT2D eigenvalue weighted by molar-refractivity contribution is 0.266. The lowest BCUT2D eigenvalue weighted by Crippen LogP contribution is -2.32. The Balaban J connectivity index is 2.07. The van der Waals surface area contributed by atoms with Crippen molar-refractivity contribution in [2.75, 3.05) is 26.2 Å². The van der Waals surface area contributed by atoms with E-state index in [0.717, 1.165) is 19.0 Å². The summed E-state index contributed by atoms with van der Waals surface area (Å²) in [7, 11) is 0. The minimum absolute atomic E-state index is 0.816. The molecule has 0 heterocycles. The van der Waals surface area contributed by atoms with E-state index in [9.17, 15) is 0 Å². The van der Waals surface area contributed by atoms with Crippen LogP contribution in [-0.2, 0) is 0 Å². The van der Waals surface area contributed by atoms with Crippen molar-refractivity contribution >= 4 is 0 Å². The smallest absolute Gasteiger partial charge is 0.0105 e. The molecule has 1 rings (SSSR count).